The highest BCUT2D eigenvalue weighted by molar-refractivity contribution is 8.26. The van der Waals surface area contributed by atoms with Crippen molar-refractivity contribution in [3.8, 4) is 22.7 Å². The van der Waals surface area contributed by atoms with Crippen LogP contribution in [0.4, 0.5) is 0 Å². The van der Waals surface area contributed by atoms with Gasteiger partial charge in [-0.05, 0) is 60.8 Å². The molecule has 0 radical (unpaired) electrons. The third-order valence-electron chi connectivity index (χ3n) is 6.16. The highest BCUT2D eigenvalue weighted by Crippen LogP contribution is 2.37. The molecule has 1 aliphatic rings. The molecule has 0 spiro atoms. The van der Waals surface area contributed by atoms with Gasteiger partial charge in [0.15, 0.2) is 4.32 Å². The zero-order chi connectivity index (χ0) is 27.8. The quantitative estimate of drug-likeness (QED) is 0.167. The zero-order valence-corrected chi connectivity index (χ0v) is 24.0. The molecule has 1 saturated heterocycles. The summed E-state index contributed by atoms with van der Waals surface area (Å²) in [6, 6.07) is 24.7. The first kappa shape index (κ1) is 26.3. The summed E-state index contributed by atoms with van der Waals surface area (Å²) >= 11 is 14.3. The second-order valence-electron chi connectivity index (χ2n) is 8.64. The van der Waals surface area contributed by atoms with Gasteiger partial charge in [0.1, 0.15) is 10.6 Å². The molecule has 2 aromatic heterocycles. The molecule has 0 bridgehead atoms. The molecule has 3 heterocycles. The van der Waals surface area contributed by atoms with Crippen LogP contribution in [-0.4, -0.2) is 38.0 Å². The minimum Gasteiger partial charge on any atom is -0.497 e. The normalized spacial score (nSPS) is 14.3. The van der Waals surface area contributed by atoms with Crippen molar-refractivity contribution in [1.82, 2.24) is 20.2 Å². The van der Waals surface area contributed by atoms with E-state index >= 15 is 0 Å². The lowest BCUT2D eigenvalue weighted by Gasteiger charge is -2.15. The Balaban J connectivity index is 1.32. The van der Waals surface area contributed by atoms with E-state index in [1.54, 1.807) is 17.9 Å². The second-order valence-corrected chi connectivity index (χ2v) is 11.7. The lowest BCUT2D eigenvalue weighted by Crippen LogP contribution is -2.44. The molecule has 0 unspecified atom stereocenters. The number of nitrogens with zero attached hydrogens (tertiary/aromatic N) is 3. The van der Waals surface area contributed by atoms with E-state index in [2.05, 4.69) is 5.43 Å². The maximum Gasteiger partial charge on any atom is 0.285 e. The topological polar surface area (TPSA) is 76.5 Å². The fourth-order valence-electron chi connectivity index (χ4n) is 4.20. The molecule has 40 heavy (non-hydrogen) atoms. The van der Waals surface area contributed by atoms with Crippen LogP contribution in [0.5, 0.6) is 5.75 Å². The number of ether oxygens (including phenoxy) is 1. The van der Waals surface area contributed by atoms with Crippen molar-refractivity contribution < 1.29 is 14.3 Å². The lowest BCUT2D eigenvalue weighted by molar-refractivity contribution is -0.123. The molecule has 7 nitrogen and oxygen atoms in total. The van der Waals surface area contributed by atoms with Gasteiger partial charge in [-0.3, -0.25) is 15.0 Å². The number of hydrogen-bond donors (Lipinski definition) is 1. The van der Waals surface area contributed by atoms with Crippen molar-refractivity contribution in [2.45, 2.75) is 0 Å². The first-order valence-corrected chi connectivity index (χ1v) is 14.4. The summed E-state index contributed by atoms with van der Waals surface area (Å²) in [6.45, 7) is 0. The number of carbonyl (C=O) groups excluding carboxylic acids is 2. The summed E-state index contributed by atoms with van der Waals surface area (Å²) in [5, 5.41) is 7.03. The predicted octanol–water partition coefficient (Wildman–Crippen LogP) is 6.96. The molecular weight excluding hydrogens is 584 g/mol. The van der Waals surface area contributed by atoms with E-state index in [1.165, 1.54) is 11.3 Å². The van der Waals surface area contributed by atoms with Crippen molar-refractivity contribution in [1.29, 1.82) is 0 Å². The molecule has 6 rings (SSSR count). The van der Waals surface area contributed by atoms with Crippen LogP contribution in [0.3, 0.4) is 0 Å². The molecule has 1 fully saturated rings. The number of rotatable bonds is 6. The summed E-state index contributed by atoms with van der Waals surface area (Å²) in [7, 11) is 1.61. The number of fused-ring (bicyclic) bond motifs is 1. The third-order valence-corrected chi connectivity index (χ3v) is 9.14. The fourth-order valence-corrected chi connectivity index (χ4v) is 6.77. The molecule has 0 aliphatic carbocycles. The molecule has 5 aromatic rings. The van der Waals surface area contributed by atoms with E-state index < -0.39 is 11.8 Å². The smallest absolute Gasteiger partial charge is 0.285 e. The number of amides is 2. The Kier molecular flexibility index (Phi) is 7.16. The van der Waals surface area contributed by atoms with E-state index in [1.807, 2.05) is 85.1 Å². The van der Waals surface area contributed by atoms with E-state index in [4.69, 9.17) is 33.7 Å². The SMILES string of the molecule is COc1ccc(-c2nn(-c3ccccc3)cc2/C=C2\SC(=S)N(NC(=O)c3sc4ccccc4c3Cl)C2=O)cc1. The Bertz CT molecular complexity index is 1810. The Morgan fingerprint density at radius 3 is 2.50 bits per heavy atom. The Labute approximate surface area is 248 Å². The number of thiocarbonyl (C=S) groups is 1. The molecule has 3 aromatic carbocycles. The van der Waals surface area contributed by atoms with Crippen LogP contribution >= 0.6 is 46.9 Å². The number of hydrogen-bond acceptors (Lipinski definition) is 7. The highest BCUT2D eigenvalue weighted by Gasteiger charge is 2.35. The number of thioether (sulfide) groups is 1. The molecule has 11 heteroatoms. The summed E-state index contributed by atoms with van der Waals surface area (Å²) < 4.78 is 8.15. The van der Waals surface area contributed by atoms with Gasteiger partial charge < -0.3 is 4.74 Å². The minimum atomic E-state index is -0.500. The molecule has 198 valence electrons. The van der Waals surface area contributed by atoms with Gasteiger partial charge in [0.25, 0.3) is 11.8 Å². The van der Waals surface area contributed by atoms with Crippen molar-refractivity contribution >= 4 is 79.2 Å². The number of nitrogens with one attached hydrogen (secondary N) is 1. The van der Waals surface area contributed by atoms with Gasteiger partial charge in [0.2, 0.25) is 0 Å². The van der Waals surface area contributed by atoms with Gasteiger partial charge in [-0.25, -0.2) is 4.68 Å². The van der Waals surface area contributed by atoms with Crippen molar-refractivity contribution in [2.75, 3.05) is 7.11 Å². The molecule has 2 amide bonds. The first-order chi connectivity index (χ1) is 19.4. The Morgan fingerprint density at radius 2 is 1.77 bits per heavy atom. The fraction of sp³-hybridized carbons (Fsp3) is 0.0345. The standard InChI is InChI=1S/C29H19ClN4O3S3/c1-37-20-13-11-17(12-14-20)25-18(16-33(31-25)19-7-3-2-4-8-19)15-23-28(36)34(29(38)40-23)32-27(35)26-24(30)21-9-5-6-10-22(21)39-26/h2-16H,1H3,(H,32,35)/b23-15-. The monoisotopic (exact) mass is 602 g/mol. The number of halogens is 1. The van der Waals surface area contributed by atoms with Gasteiger partial charge in [-0.15, -0.1) is 11.3 Å². The Hall–Kier alpha value is -3.96. The number of hydrazine groups is 1. The van der Waals surface area contributed by atoms with Crippen LogP contribution in [0, 0.1) is 0 Å². The second kappa shape index (κ2) is 10.9. The number of thiophene rings is 1. The summed E-state index contributed by atoms with van der Waals surface area (Å²) in [4.78, 5) is 27.2. The van der Waals surface area contributed by atoms with Crippen LogP contribution in [-0.2, 0) is 4.79 Å². The summed E-state index contributed by atoms with van der Waals surface area (Å²) in [6.07, 6.45) is 3.60. The number of methoxy groups -OCH3 is 1. The van der Waals surface area contributed by atoms with Crippen LogP contribution in [0.25, 0.3) is 33.1 Å². The highest BCUT2D eigenvalue weighted by atomic mass is 35.5. The maximum atomic E-state index is 13.4. The van der Waals surface area contributed by atoms with Gasteiger partial charge >= 0.3 is 0 Å². The average molecular weight is 603 g/mol. The average Bonchev–Trinajstić information content (AvgIpc) is 3.64. The van der Waals surface area contributed by atoms with Gasteiger partial charge in [-0.2, -0.15) is 10.1 Å². The predicted molar refractivity (Wildman–Crippen MR) is 165 cm³/mol. The van der Waals surface area contributed by atoms with Gasteiger partial charge in [-0.1, -0.05) is 59.8 Å². The Morgan fingerprint density at radius 1 is 1.05 bits per heavy atom. The molecule has 0 atom stereocenters. The number of para-hydroxylation sites is 1. The molecule has 1 aliphatic heterocycles. The van der Waals surface area contributed by atoms with E-state index in [-0.39, 0.29) is 4.32 Å². The summed E-state index contributed by atoms with van der Waals surface area (Å²) in [5.74, 6) is -0.212. The number of carbonyl (C=O) groups is 2. The number of aromatic nitrogens is 2. The van der Waals surface area contributed by atoms with Crippen LogP contribution in [0.15, 0.2) is 90.0 Å². The van der Waals surface area contributed by atoms with Crippen LogP contribution < -0.4 is 10.2 Å². The zero-order valence-electron chi connectivity index (χ0n) is 20.8. The number of benzene rings is 3. The van der Waals surface area contributed by atoms with Crippen LogP contribution in [0.1, 0.15) is 15.2 Å². The van der Waals surface area contributed by atoms with E-state index in [0.717, 1.165) is 43.9 Å². The maximum absolute atomic E-state index is 13.4. The summed E-state index contributed by atoms with van der Waals surface area (Å²) in [5.41, 5.74) is 5.75. The lowest BCUT2D eigenvalue weighted by atomic mass is 10.1. The molecular formula is C29H19ClN4O3S3. The first-order valence-electron chi connectivity index (χ1n) is 12.0. The molecule has 1 N–H and O–H groups in total. The van der Waals surface area contributed by atoms with Gasteiger partial charge in [0.05, 0.1) is 28.4 Å². The molecule has 0 saturated carbocycles. The van der Waals surface area contributed by atoms with Crippen LogP contribution in [0.2, 0.25) is 5.02 Å². The third kappa shape index (κ3) is 4.90. The van der Waals surface area contributed by atoms with Crippen molar-refractivity contribution in [2.24, 2.45) is 0 Å². The van der Waals surface area contributed by atoms with E-state index in [9.17, 15) is 9.59 Å². The van der Waals surface area contributed by atoms with E-state index in [0.29, 0.717) is 26.1 Å². The van der Waals surface area contributed by atoms with Gasteiger partial charge in [0, 0.05) is 27.4 Å². The largest absolute Gasteiger partial charge is 0.497 e. The van der Waals surface area contributed by atoms with Crippen molar-refractivity contribution in [3.63, 3.8) is 0 Å². The minimum absolute atomic E-state index is 0.211. The van der Waals surface area contributed by atoms with Crippen molar-refractivity contribution in [3.05, 3.63) is 105 Å².